The molecule has 4 heavy (non-hydrogen) atoms. The SMILES string of the molecule is [Be+2].[O-][B][O-]. The Balaban J connectivity index is 0. The Bertz CT molecular complexity index is 6.00. The number of hydrogen-bond donors (Lipinski definition) is 0. The van der Waals surface area contributed by atoms with Gasteiger partial charge in [-0.2, -0.15) is 0 Å². The van der Waals surface area contributed by atoms with Crippen LogP contribution in [0.5, 0.6) is 0 Å². The molecule has 2 nitrogen and oxygen atoms in total. The molecule has 0 aliphatic rings. The zero-order valence-electron chi connectivity index (χ0n) is 2.10. The van der Waals surface area contributed by atoms with Gasteiger partial charge >= 0.3 is 10.1 Å². The molecule has 0 fully saturated rings. The summed E-state index contributed by atoms with van der Waals surface area (Å²) in [5.74, 6) is 0. The van der Waals surface area contributed by atoms with Crippen LogP contribution >= 0.6 is 0 Å². The first-order valence-electron chi connectivity index (χ1n) is 0.471. The van der Waals surface area contributed by atoms with Crippen LogP contribution in [-0.2, 0) is 0 Å². The molecule has 0 amide bonds. The molecule has 1 radical (unpaired) electrons. The summed E-state index contributed by atoms with van der Waals surface area (Å²) in [5.41, 5.74) is 0. The second-order valence-corrected chi connectivity index (χ2v) is 0.0962. The third-order valence-electron chi connectivity index (χ3n) is 0. The van der Waals surface area contributed by atoms with Gasteiger partial charge in [0.1, 0.15) is 0 Å². The van der Waals surface area contributed by atoms with Crippen LogP contribution < -0.4 is 10.0 Å². The van der Waals surface area contributed by atoms with Crippen LogP contribution in [0.4, 0.5) is 0 Å². The zero-order valence-corrected chi connectivity index (χ0v) is 2.10. The largest absolute Gasteiger partial charge is 2.00 e. The number of hydrogen-bond acceptors (Lipinski definition) is 2. The third-order valence-corrected chi connectivity index (χ3v) is 0. The van der Waals surface area contributed by atoms with Crippen molar-refractivity contribution in [3.05, 3.63) is 0 Å². The summed E-state index contributed by atoms with van der Waals surface area (Å²) in [6.45, 7) is 0. The van der Waals surface area contributed by atoms with Gasteiger partial charge in [0, 0.05) is 0 Å². The van der Waals surface area contributed by atoms with Crippen LogP contribution in [0.1, 0.15) is 0 Å². The summed E-state index contributed by atoms with van der Waals surface area (Å²) < 4.78 is 0. The molecule has 0 aliphatic heterocycles. The second-order valence-electron chi connectivity index (χ2n) is 0.0962. The van der Waals surface area contributed by atoms with Crippen LogP contribution in [0.25, 0.3) is 0 Å². The van der Waals surface area contributed by atoms with E-state index >= 15 is 0 Å². The fourth-order valence-corrected chi connectivity index (χ4v) is 0. The van der Waals surface area contributed by atoms with Gasteiger partial charge in [-0.3, -0.25) is 0 Å². The van der Waals surface area contributed by atoms with Crippen molar-refractivity contribution in [1.29, 1.82) is 0 Å². The van der Waals surface area contributed by atoms with E-state index in [4.69, 9.17) is 10.0 Å². The van der Waals surface area contributed by atoms with Gasteiger partial charge in [-0.05, 0) is 0 Å². The maximum Gasteiger partial charge on any atom is 2.00 e. The van der Waals surface area contributed by atoms with Crippen LogP contribution in [-0.4, -0.2) is 17.8 Å². The molecule has 0 rings (SSSR count). The molecule has 0 bridgehead atoms. The second kappa shape index (κ2) is 11.0. The molecule has 0 saturated heterocycles. The van der Waals surface area contributed by atoms with Crippen molar-refractivity contribution in [2.24, 2.45) is 0 Å². The summed E-state index contributed by atoms with van der Waals surface area (Å²) in [6, 6.07) is 0. The minimum absolute atomic E-state index is 0. The van der Waals surface area contributed by atoms with Gasteiger partial charge in [0.15, 0.2) is 0 Å². The van der Waals surface area contributed by atoms with Gasteiger partial charge in [0.05, 0.1) is 0 Å². The Hall–Kier alpha value is 0.154. The Morgan fingerprint density at radius 2 is 1.25 bits per heavy atom. The van der Waals surface area contributed by atoms with E-state index in [-0.39, 0.29) is 10.1 Å². The summed E-state index contributed by atoms with van der Waals surface area (Å²) in [6.07, 6.45) is 0. The topological polar surface area (TPSA) is 46.1 Å². The van der Waals surface area contributed by atoms with Crippen molar-refractivity contribution < 1.29 is 10.0 Å². The van der Waals surface area contributed by atoms with E-state index in [0.717, 1.165) is 0 Å². The minimum atomic E-state index is -0.500. The van der Waals surface area contributed by atoms with Crippen LogP contribution in [0.2, 0.25) is 0 Å². The monoisotopic (exact) mass is 52.0 g/mol. The van der Waals surface area contributed by atoms with Gasteiger partial charge in [-0.1, -0.05) is 0 Å². The fourth-order valence-electron chi connectivity index (χ4n) is 0. The minimum Gasteiger partial charge on any atom is -0.900 e. The van der Waals surface area contributed by atoms with Crippen molar-refractivity contribution in [2.45, 2.75) is 0 Å². The van der Waals surface area contributed by atoms with E-state index in [0.29, 0.717) is 0 Å². The first-order chi connectivity index (χ1) is 1.41. The standard InChI is InChI=1S/BO2.Be/c2-1-3;/q-2;+2. The molecule has 0 atom stereocenters. The smallest absolute Gasteiger partial charge is 0.900 e. The van der Waals surface area contributed by atoms with E-state index in [9.17, 15) is 0 Å². The van der Waals surface area contributed by atoms with Crippen LogP contribution in [0.3, 0.4) is 0 Å². The Labute approximate surface area is 29.0 Å². The van der Waals surface area contributed by atoms with Crippen LogP contribution in [0, 0.1) is 0 Å². The first kappa shape index (κ1) is 8.91. The average molecular weight is 51.8 g/mol. The zero-order chi connectivity index (χ0) is 2.71. The molecule has 0 aromatic carbocycles. The van der Waals surface area contributed by atoms with Crippen molar-refractivity contribution in [1.82, 2.24) is 0 Å². The van der Waals surface area contributed by atoms with Gasteiger partial charge in [0.25, 0.3) is 0 Å². The Kier molecular flexibility index (Phi) is 24.5. The fraction of sp³-hybridized carbons (Fsp3) is 0. The van der Waals surface area contributed by atoms with Gasteiger partial charge in [-0.25, -0.2) is 7.69 Å². The normalized spacial score (nSPS) is 3.50. The van der Waals surface area contributed by atoms with E-state index < -0.39 is 7.69 Å². The predicted octanol–water partition coefficient (Wildman–Crippen LogP) is -3.14. The van der Waals surface area contributed by atoms with E-state index in [2.05, 4.69) is 0 Å². The van der Waals surface area contributed by atoms with Gasteiger partial charge in [-0.15, -0.1) is 0 Å². The summed E-state index contributed by atoms with van der Waals surface area (Å²) in [5, 5.41) is 16.5. The van der Waals surface area contributed by atoms with Crippen molar-refractivity contribution in [3.63, 3.8) is 0 Å². The average Bonchev–Trinajstić information content (AvgIpc) is 0.918. The van der Waals surface area contributed by atoms with E-state index in [1.54, 1.807) is 0 Å². The maximum atomic E-state index is 8.25. The predicted molar refractivity (Wildman–Crippen MR) is 11.5 cm³/mol. The summed E-state index contributed by atoms with van der Waals surface area (Å²) in [7, 11) is -0.500. The molecule has 0 spiro atoms. The molecule has 0 N–H and O–H groups in total. The summed E-state index contributed by atoms with van der Waals surface area (Å²) in [4.78, 5) is 0. The molecule has 17 valence electrons. The molecular formula is BBeO2. The maximum absolute atomic E-state index is 8.25. The third kappa shape index (κ3) is 121. The molecule has 0 aromatic heterocycles. The summed E-state index contributed by atoms with van der Waals surface area (Å²) >= 11 is 0. The molecule has 0 heterocycles. The molecule has 0 unspecified atom stereocenters. The molecule has 0 saturated carbocycles. The van der Waals surface area contributed by atoms with Crippen LogP contribution in [0.15, 0.2) is 0 Å². The van der Waals surface area contributed by atoms with Gasteiger partial charge < -0.3 is 10.0 Å². The van der Waals surface area contributed by atoms with Crippen molar-refractivity contribution >= 4 is 17.8 Å². The quantitative estimate of drug-likeness (QED) is 0.273. The Morgan fingerprint density at radius 3 is 1.25 bits per heavy atom. The molecule has 4 heteroatoms. The Morgan fingerprint density at radius 1 is 1.25 bits per heavy atom. The number of rotatable bonds is 0. The van der Waals surface area contributed by atoms with Gasteiger partial charge in [0.2, 0.25) is 0 Å². The molecule has 0 aromatic rings. The van der Waals surface area contributed by atoms with Crippen molar-refractivity contribution in [2.75, 3.05) is 0 Å². The first-order valence-corrected chi connectivity index (χ1v) is 0.471. The van der Waals surface area contributed by atoms with E-state index in [1.165, 1.54) is 0 Å². The van der Waals surface area contributed by atoms with E-state index in [1.807, 2.05) is 0 Å². The van der Waals surface area contributed by atoms with Crippen molar-refractivity contribution in [3.8, 4) is 0 Å². The molecular weight excluding hydrogens is 51.8 g/mol. The molecule has 0 aliphatic carbocycles.